The maximum absolute atomic E-state index is 11.4. The van der Waals surface area contributed by atoms with Gasteiger partial charge in [-0.1, -0.05) is 0 Å². The van der Waals surface area contributed by atoms with E-state index in [0.717, 1.165) is 53.8 Å². The van der Waals surface area contributed by atoms with Crippen LogP contribution in [-0.2, 0) is 4.79 Å². The van der Waals surface area contributed by atoms with Gasteiger partial charge in [0, 0.05) is 37.5 Å². The molecule has 4 rings (SSSR count). The van der Waals surface area contributed by atoms with Gasteiger partial charge >= 0.3 is 0 Å². The summed E-state index contributed by atoms with van der Waals surface area (Å²) in [7, 11) is 0. The average Bonchev–Trinajstić information content (AvgIpc) is 3.12. The molecule has 1 fully saturated rings. The molecule has 6 nitrogen and oxygen atoms in total. The quantitative estimate of drug-likeness (QED) is 0.718. The van der Waals surface area contributed by atoms with Gasteiger partial charge in [-0.05, 0) is 18.9 Å². The van der Waals surface area contributed by atoms with Gasteiger partial charge in [0.25, 0.3) is 0 Å². The van der Waals surface area contributed by atoms with Gasteiger partial charge in [0.1, 0.15) is 17.0 Å². The zero-order valence-corrected chi connectivity index (χ0v) is 11.9. The first-order valence-electron chi connectivity index (χ1n) is 7.29. The molecule has 108 valence electrons. The summed E-state index contributed by atoms with van der Waals surface area (Å²) in [5.41, 5.74) is 2.82. The molecule has 3 aromatic rings. The van der Waals surface area contributed by atoms with E-state index in [0.29, 0.717) is 5.92 Å². The van der Waals surface area contributed by atoms with Crippen LogP contribution in [0.5, 0.6) is 0 Å². The van der Waals surface area contributed by atoms with Crippen molar-refractivity contribution in [3.05, 3.63) is 24.3 Å². The molecule has 1 aliphatic rings. The SMILES string of the molecule is CC(=O)N1CCC(c2nc3c(cnc4[nH]ccc43)[nH]2)CC1. The Morgan fingerprint density at radius 1 is 1.38 bits per heavy atom. The summed E-state index contributed by atoms with van der Waals surface area (Å²) in [5, 5.41) is 1.05. The monoisotopic (exact) mass is 283 g/mol. The Morgan fingerprint density at radius 3 is 2.95 bits per heavy atom. The molecule has 0 spiro atoms. The molecule has 0 bridgehead atoms. The number of fused-ring (bicyclic) bond motifs is 3. The number of aromatic nitrogens is 4. The number of aromatic amines is 2. The lowest BCUT2D eigenvalue weighted by Crippen LogP contribution is -2.36. The van der Waals surface area contributed by atoms with E-state index in [9.17, 15) is 4.79 Å². The summed E-state index contributed by atoms with van der Waals surface area (Å²) in [6, 6.07) is 2.01. The zero-order valence-electron chi connectivity index (χ0n) is 11.9. The van der Waals surface area contributed by atoms with Gasteiger partial charge in [0.05, 0.1) is 11.7 Å². The molecular formula is C15H17N5O. The minimum Gasteiger partial charge on any atom is -0.346 e. The number of hydrogen-bond acceptors (Lipinski definition) is 3. The first kappa shape index (κ1) is 12.4. The van der Waals surface area contributed by atoms with E-state index >= 15 is 0 Å². The van der Waals surface area contributed by atoms with Crippen molar-refractivity contribution in [2.45, 2.75) is 25.7 Å². The minimum absolute atomic E-state index is 0.163. The third kappa shape index (κ3) is 1.98. The summed E-state index contributed by atoms with van der Waals surface area (Å²) in [4.78, 5) is 29.0. The van der Waals surface area contributed by atoms with Gasteiger partial charge in [0.15, 0.2) is 0 Å². The minimum atomic E-state index is 0.163. The number of imidazole rings is 1. The number of rotatable bonds is 1. The van der Waals surface area contributed by atoms with Gasteiger partial charge < -0.3 is 14.9 Å². The Hall–Kier alpha value is -2.37. The Morgan fingerprint density at radius 2 is 2.19 bits per heavy atom. The van der Waals surface area contributed by atoms with Crippen LogP contribution in [0.15, 0.2) is 18.5 Å². The normalized spacial score (nSPS) is 16.9. The number of nitrogens with one attached hydrogen (secondary N) is 2. The Kier molecular flexibility index (Phi) is 2.70. The Labute approximate surface area is 121 Å². The number of amides is 1. The number of pyridine rings is 1. The molecule has 2 N–H and O–H groups in total. The third-order valence-corrected chi connectivity index (χ3v) is 4.38. The fourth-order valence-electron chi connectivity index (χ4n) is 3.15. The summed E-state index contributed by atoms with van der Waals surface area (Å²) >= 11 is 0. The first-order chi connectivity index (χ1) is 10.2. The first-order valence-corrected chi connectivity index (χ1v) is 7.29. The lowest BCUT2D eigenvalue weighted by molar-refractivity contribution is -0.129. The second kappa shape index (κ2) is 4.58. The standard InChI is InChI=1S/C15H17N5O/c1-9(21)20-6-3-10(4-7-20)14-18-12-8-17-15-11(2-5-16-15)13(12)19-14/h2,5,8,10H,3-4,6-7H2,1H3,(H,16,17)(H,18,19). The van der Waals surface area contributed by atoms with E-state index < -0.39 is 0 Å². The third-order valence-electron chi connectivity index (χ3n) is 4.38. The van der Waals surface area contributed by atoms with Crippen molar-refractivity contribution in [3.8, 4) is 0 Å². The number of carbonyl (C=O) groups is 1. The molecule has 0 atom stereocenters. The van der Waals surface area contributed by atoms with E-state index in [4.69, 9.17) is 4.98 Å². The second-order valence-electron chi connectivity index (χ2n) is 5.66. The number of nitrogens with zero attached hydrogens (tertiary/aromatic N) is 3. The molecule has 1 aliphatic heterocycles. The van der Waals surface area contributed by atoms with Crippen LogP contribution in [0.2, 0.25) is 0 Å². The molecule has 4 heterocycles. The van der Waals surface area contributed by atoms with E-state index in [1.165, 1.54) is 0 Å². The van der Waals surface area contributed by atoms with E-state index in [1.54, 1.807) is 6.92 Å². The molecule has 0 aliphatic carbocycles. The summed E-state index contributed by atoms with van der Waals surface area (Å²) in [6.45, 7) is 3.26. The molecule has 6 heteroatoms. The van der Waals surface area contributed by atoms with Crippen molar-refractivity contribution in [1.29, 1.82) is 0 Å². The second-order valence-corrected chi connectivity index (χ2v) is 5.66. The van der Waals surface area contributed by atoms with Crippen LogP contribution in [0.1, 0.15) is 31.5 Å². The number of piperidine rings is 1. The van der Waals surface area contributed by atoms with Crippen molar-refractivity contribution in [1.82, 2.24) is 24.8 Å². The highest BCUT2D eigenvalue weighted by Crippen LogP contribution is 2.29. The van der Waals surface area contributed by atoms with Gasteiger partial charge in [-0.15, -0.1) is 0 Å². The van der Waals surface area contributed by atoms with Gasteiger partial charge in [0.2, 0.25) is 5.91 Å². The van der Waals surface area contributed by atoms with E-state index in [-0.39, 0.29) is 5.91 Å². The highest BCUT2D eigenvalue weighted by molar-refractivity contribution is 6.00. The highest BCUT2D eigenvalue weighted by Gasteiger charge is 2.24. The molecule has 1 saturated heterocycles. The molecule has 0 radical (unpaired) electrons. The van der Waals surface area contributed by atoms with Gasteiger partial charge in [-0.2, -0.15) is 0 Å². The number of likely N-dealkylation sites (tertiary alicyclic amines) is 1. The van der Waals surface area contributed by atoms with E-state index in [2.05, 4.69) is 15.0 Å². The highest BCUT2D eigenvalue weighted by atomic mass is 16.2. The van der Waals surface area contributed by atoms with Crippen molar-refractivity contribution in [2.75, 3.05) is 13.1 Å². The Balaban J connectivity index is 1.67. The van der Waals surface area contributed by atoms with Crippen LogP contribution < -0.4 is 0 Å². The number of hydrogen-bond donors (Lipinski definition) is 2. The zero-order chi connectivity index (χ0) is 14.4. The van der Waals surface area contributed by atoms with Crippen molar-refractivity contribution < 1.29 is 4.79 Å². The molecular weight excluding hydrogens is 266 g/mol. The fourth-order valence-corrected chi connectivity index (χ4v) is 3.15. The largest absolute Gasteiger partial charge is 0.346 e. The predicted molar refractivity (Wildman–Crippen MR) is 80.0 cm³/mol. The van der Waals surface area contributed by atoms with Gasteiger partial charge in [-0.3, -0.25) is 4.79 Å². The Bertz CT molecular complexity index is 810. The van der Waals surface area contributed by atoms with Crippen LogP contribution >= 0.6 is 0 Å². The summed E-state index contributed by atoms with van der Waals surface area (Å²) < 4.78 is 0. The van der Waals surface area contributed by atoms with Crippen molar-refractivity contribution in [3.63, 3.8) is 0 Å². The molecule has 1 amide bonds. The average molecular weight is 283 g/mol. The van der Waals surface area contributed by atoms with Crippen LogP contribution in [0.25, 0.3) is 22.1 Å². The molecule has 3 aromatic heterocycles. The van der Waals surface area contributed by atoms with Crippen LogP contribution in [0.3, 0.4) is 0 Å². The smallest absolute Gasteiger partial charge is 0.219 e. The molecule has 0 unspecified atom stereocenters. The molecule has 21 heavy (non-hydrogen) atoms. The number of carbonyl (C=O) groups excluding carboxylic acids is 1. The maximum Gasteiger partial charge on any atom is 0.219 e. The van der Waals surface area contributed by atoms with Crippen LogP contribution in [0.4, 0.5) is 0 Å². The summed E-state index contributed by atoms with van der Waals surface area (Å²) in [6.07, 6.45) is 5.64. The number of H-pyrrole nitrogens is 2. The fraction of sp³-hybridized carbons (Fsp3) is 0.400. The molecule has 0 aromatic carbocycles. The van der Waals surface area contributed by atoms with Gasteiger partial charge in [-0.25, -0.2) is 9.97 Å². The van der Waals surface area contributed by atoms with Crippen LogP contribution in [0, 0.1) is 0 Å². The van der Waals surface area contributed by atoms with Crippen LogP contribution in [-0.4, -0.2) is 43.8 Å². The lowest BCUT2D eigenvalue weighted by Gasteiger charge is -2.30. The lowest BCUT2D eigenvalue weighted by atomic mass is 9.96. The van der Waals surface area contributed by atoms with Crippen molar-refractivity contribution >= 4 is 28.0 Å². The van der Waals surface area contributed by atoms with Crippen molar-refractivity contribution in [2.24, 2.45) is 0 Å². The summed E-state index contributed by atoms with van der Waals surface area (Å²) in [5.74, 6) is 1.57. The predicted octanol–water partition coefficient (Wildman–Crippen LogP) is 2.17. The topological polar surface area (TPSA) is 77.7 Å². The molecule has 0 saturated carbocycles. The van der Waals surface area contributed by atoms with E-state index in [1.807, 2.05) is 23.4 Å². The maximum atomic E-state index is 11.4.